The van der Waals surface area contributed by atoms with Gasteiger partial charge in [-0.15, -0.1) is 0 Å². The topological polar surface area (TPSA) is 59.5 Å². The Labute approximate surface area is 204 Å². The molecule has 6 rings (SSSR count). The van der Waals surface area contributed by atoms with E-state index < -0.39 is 11.0 Å². The third-order valence-electron chi connectivity index (χ3n) is 8.09. The molecule has 0 radical (unpaired) electrons. The van der Waals surface area contributed by atoms with Crippen molar-refractivity contribution in [1.29, 1.82) is 0 Å². The summed E-state index contributed by atoms with van der Waals surface area (Å²) < 4.78 is 0. The highest BCUT2D eigenvalue weighted by Gasteiger charge is 2.57. The molecule has 174 valence electrons. The van der Waals surface area contributed by atoms with Crippen molar-refractivity contribution in [3.8, 4) is 5.75 Å². The minimum Gasteiger partial charge on any atom is -0.508 e. The number of benzene rings is 3. The molecule has 1 saturated heterocycles. The largest absolute Gasteiger partial charge is 0.508 e. The van der Waals surface area contributed by atoms with Crippen molar-refractivity contribution in [1.82, 2.24) is 9.88 Å². The highest BCUT2D eigenvalue weighted by Crippen LogP contribution is 2.52. The van der Waals surface area contributed by atoms with E-state index in [1.807, 2.05) is 36.4 Å². The summed E-state index contributed by atoms with van der Waals surface area (Å²) in [5.41, 5.74) is 4.30. The van der Waals surface area contributed by atoms with Crippen LogP contribution in [-0.4, -0.2) is 45.3 Å². The predicted octanol–water partition coefficient (Wildman–Crippen LogP) is 5.24. The Morgan fingerprint density at radius 1 is 0.971 bits per heavy atom. The van der Waals surface area contributed by atoms with Crippen LogP contribution in [0, 0.1) is 0 Å². The van der Waals surface area contributed by atoms with Gasteiger partial charge in [-0.2, -0.15) is 0 Å². The van der Waals surface area contributed by atoms with Crippen LogP contribution in [0.4, 0.5) is 0 Å². The fourth-order valence-electron chi connectivity index (χ4n) is 6.32. The summed E-state index contributed by atoms with van der Waals surface area (Å²) in [5, 5.41) is 24.6. The molecular weight excluding hydrogens is 444 g/mol. The molecule has 4 nitrogen and oxygen atoms in total. The maximum absolute atomic E-state index is 12.5. The number of aliphatic hydroxyl groups is 1. The van der Waals surface area contributed by atoms with Crippen LogP contribution in [-0.2, 0) is 24.7 Å². The zero-order valence-electron chi connectivity index (χ0n) is 19.1. The van der Waals surface area contributed by atoms with E-state index in [1.54, 1.807) is 6.07 Å². The van der Waals surface area contributed by atoms with Gasteiger partial charge in [0.1, 0.15) is 5.75 Å². The summed E-state index contributed by atoms with van der Waals surface area (Å²) in [7, 11) is 0. The molecule has 0 spiro atoms. The number of hydrogen-bond donors (Lipinski definition) is 3. The number of phenolic OH excluding ortho intramolecular Hbond substituents is 1. The number of halogens is 1. The van der Waals surface area contributed by atoms with Gasteiger partial charge in [0.05, 0.1) is 5.60 Å². The molecule has 3 aromatic carbocycles. The third kappa shape index (κ3) is 3.52. The first-order valence-electron chi connectivity index (χ1n) is 12.0. The predicted molar refractivity (Wildman–Crippen MR) is 137 cm³/mol. The summed E-state index contributed by atoms with van der Waals surface area (Å²) in [6, 6.07) is 24.0. The lowest BCUT2D eigenvalue weighted by Crippen LogP contribution is -2.66. The molecule has 4 aromatic rings. The molecule has 0 amide bonds. The maximum atomic E-state index is 12.5. The Balaban J connectivity index is 1.40. The number of nitrogens with one attached hydrogen (secondary N) is 1. The van der Waals surface area contributed by atoms with Gasteiger partial charge in [0.25, 0.3) is 0 Å². The summed E-state index contributed by atoms with van der Waals surface area (Å²) in [4.78, 5) is 6.02. The van der Waals surface area contributed by atoms with Gasteiger partial charge in [-0.25, -0.2) is 0 Å². The molecule has 1 fully saturated rings. The molecule has 3 N–H and O–H groups in total. The number of H-pyrrole nitrogens is 1. The van der Waals surface area contributed by atoms with Gasteiger partial charge in [-0.05, 0) is 66.4 Å². The van der Waals surface area contributed by atoms with Crippen molar-refractivity contribution in [2.75, 3.05) is 19.6 Å². The fraction of sp³-hybridized carbons (Fsp3) is 0.310. The zero-order valence-corrected chi connectivity index (χ0v) is 19.9. The highest BCUT2D eigenvalue weighted by atomic mass is 35.5. The normalized spacial score (nSPS) is 24.6. The maximum Gasteiger partial charge on any atom is 0.115 e. The van der Waals surface area contributed by atoms with E-state index in [1.165, 1.54) is 16.8 Å². The highest BCUT2D eigenvalue weighted by molar-refractivity contribution is 6.31. The van der Waals surface area contributed by atoms with Crippen molar-refractivity contribution in [3.05, 3.63) is 100 Å². The average molecular weight is 473 g/mol. The van der Waals surface area contributed by atoms with Crippen molar-refractivity contribution in [3.63, 3.8) is 0 Å². The number of phenols is 1. The van der Waals surface area contributed by atoms with E-state index in [9.17, 15) is 10.2 Å². The van der Waals surface area contributed by atoms with E-state index in [-0.39, 0.29) is 5.75 Å². The first-order chi connectivity index (χ1) is 16.5. The molecule has 1 aromatic heterocycles. The molecule has 2 aliphatic rings. The summed E-state index contributed by atoms with van der Waals surface area (Å²) >= 11 is 6.34. The number of aromatic hydroxyl groups is 1. The van der Waals surface area contributed by atoms with Crippen molar-refractivity contribution in [2.45, 2.75) is 36.7 Å². The lowest BCUT2D eigenvalue weighted by molar-refractivity contribution is -0.102. The second-order valence-electron chi connectivity index (χ2n) is 10.1. The van der Waals surface area contributed by atoms with Gasteiger partial charge >= 0.3 is 0 Å². The van der Waals surface area contributed by atoms with Gasteiger partial charge in [-0.3, -0.25) is 0 Å². The minimum absolute atomic E-state index is 0.245. The standard InChI is InChI=1S/C29H29ClN2O2/c30-22-9-10-26-24(16-22)25-17-29(34)19-32(13-11-20-5-2-1-3-6-20)14-12-28(29,18-27(25)31-26)21-7-4-8-23(33)15-21/h1-10,15-16,31,33-34H,11-14,17-19H2. The third-order valence-corrected chi connectivity index (χ3v) is 8.33. The summed E-state index contributed by atoms with van der Waals surface area (Å²) in [5.74, 6) is 0.245. The Kier molecular flexibility index (Phi) is 5.21. The fourth-order valence-corrected chi connectivity index (χ4v) is 6.50. The van der Waals surface area contributed by atoms with Crippen LogP contribution in [0.1, 0.15) is 28.8 Å². The second kappa shape index (κ2) is 8.16. The summed E-state index contributed by atoms with van der Waals surface area (Å²) in [6.45, 7) is 2.42. The molecule has 1 aliphatic heterocycles. The number of aromatic nitrogens is 1. The van der Waals surface area contributed by atoms with Crippen LogP contribution < -0.4 is 0 Å². The van der Waals surface area contributed by atoms with E-state index in [4.69, 9.17) is 11.6 Å². The zero-order chi connectivity index (χ0) is 23.3. The number of likely N-dealkylation sites (tertiary alicyclic amines) is 1. The molecule has 0 saturated carbocycles. The van der Waals surface area contributed by atoms with Crippen LogP contribution in [0.3, 0.4) is 0 Å². The number of nitrogens with zero attached hydrogens (tertiary/aromatic N) is 1. The number of β-amino-alcohol motifs (C(OH)–C–C–N with tert-alkyl or cyclic N) is 1. The van der Waals surface area contributed by atoms with E-state index in [0.717, 1.165) is 42.4 Å². The molecule has 2 unspecified atom stereocenters. The van der Waals surface area contributed by atoms with Crippen molar-refractivity contribution < 1.29 is 10.2 Å². The molecule has 2 atom stereocenters. The average Bonchev–Trinajstić information content (AvgIpc) is 3.17. The van der Waals surface area contributed by atoms with Gasteiger partial charge < -0.3 is 20.1 Å². The minimum atomic E-state index is -0.958. The quantitative estimate of drug-likeness (QED) is 0.380. The van der Waals surface area contributed by atoms with Gasteiger partial charge in [0, 0.05) is 53.0 Å². The van der Waals surface area contributed by atoms with Crippen LogP contribution >= 0.6 is 11.6 Å². The van der Waals surface area contributed by atoms with E-state index in [2.05, 4.69) is 40.2 Å². The number of piperidine rings is 1. The van der Waals surface area contributed by atoms with Gasteiger partial charge in [0.15, 0.2) is 0 Å². The van der Waals surface area contributed by atoms with Crippen molar-refractivity contribution >= 4 is 22.5 Å². The molecule has 2 heterocycles. The lowest BCUT2D eigenvalue weighted by atomic mass is 9.56. The first-order valence-corrected chi connectivity index (χ1v) is 12.4. The van der Waals surface area contributed by atoms with Crippen LogP contribution in [0.25, 0.3) is 10.9 Å². The van der Waals surface area contributed by atoms with Crippen LogP contribution in [0.15, 0.2) is 72.8 Å². The lowest BCUT2D eigenvalue weighted by Gasteiger charge is -2.56. The van der Waals surface area contributed by atoms with Crippen molar-refractivity contribution in [2.24, 2.45) is 0 Å². The molecule has 1 aliphatic carbocycles. The number of rotatable bonds is 4. The SMILES string of the molecule is Oc1cccc(C23CCN(CCc4ccccc4)CC2(O)Cc2c([nH]c4ccc(Cl)cc24)C3)c1. The first kappa shape index (κ1) is 21.7. The number of aromatic amines is 1. The van der Waals surface area contributed by atoms with E-state index >= 15 is 0 Å². The van der Waals surface area contributed by atoms with E-state index in [0.29, 0.717) is 24.4 Å². The Bertz CT molecular complexity index is 1350. The Morgan fingerprint density at radius 3 is 2.65 bits per heavy atom. The molecule has 0 bridgehead atoms. The molecule has 34 heavy (non-hydrogen) atoms. The van der Waals surface area contributed by atoms with Crippen LogP contribution in [0.5, 0.6) is 5.75 Å². The molecule has 5 heteroatoms. The second-order valence-corrected chi connectivity index (χ2v) is 10.5. The van der Waals surface area contributed by atoms with Gasteiger partial charge in [0.2, 0.25) is 0 Å². The Hall–Kier alpha value is -2.79. The monoisotopic (exact) mass is 472 g/mol. The number of hydrogen-bond acceptors (Lipinski definition) is 3. The summed E-state index contributed by atoms with van der Waals surface area (Å²) in [6.07, 6.45) is 3.06. The molecular formula is C29H29ClN2O2. The number of fused-ring (bicyclic) bond motifs is 4. The smallest absolute Gasteiger partial charge is 0.115 e. The van der Waals surface area contributed by atoms with Gasteiger partial charge in [-0.1, -0.05) is 54.1 Å². The van der Waals surface area contributed by atoms with Crippen LogP contribution in [0.2, 0.25) is 5.02 Å². The Morgan fingerprint density at radius 2 is 1.82 bits per heavy atom.